The molecule has 3 aliphatic rings. The molecule has 6 heteroatoms. The Hall–Kier alpha value is -2.92. The highest BCUT2D eigenvalue weighted by Crippen LogP contribution is 2.46. The van der Waals surface area contributed by atoms with Crippen molar-refractivity contribution in [3.63, 3.8) is 0 Å². The number of hydrogen-bond acceptors (Lipinski definition) is 4. The number of rotatable bonds is 2. The van der Waals surface area contributed by atoms with Crippen LogP contribution >= 0.6 is 11.6 Å². The fourth-order valence-electron chi connectivity index (χ4n) is 4.52. The number of Topliss-reactive ketones (excluding diaryl/α,β-unsaturated/α-hetero) is 1. The SMILES string of the molecule is O=C1NC(=O)C2C1C1C=Cc3ccccc3N1C2C(=O)c1ccc(Cl)cc1. The molecule has 27 heavy (non-hydrogen) atoms. The number of amides is 2. The van der Waals surface area contributed by atoms with E-state index in [0.717, 1.165) is 11.3 Å². The summed E-state index contributed by atoms with van der Waals surface area (Å²) in [5.74, 6) is -2.14. The third-order valence-corrected chi connectivity index (χ3v) is 5.91. The van der Waals surface area contributed by atoms with E-state index in [4.69, 9.17) is 11.6 Å². The third kappa shape index (κ3) is 2.28. The number of fused-ring (bicyclic) bond motifs is 5. The topological polar surface area (TPSA) is 66.5 Å². The zero-order chi connectivity index (χ0) is 18.7. The van der Waals surface area contributed by atoms with Crippen molar-refractivity contribution in [2.75, 3.05) is 4.90 Å². The summed E-state index contributed by atoms with van der Waals surface area (Å²) in [5.41, 5.74) is 2.31. The molecule has 1 N–H and O–H groups in total. The lowest BCUT2D eigenvalue weighted by Gasteiger charge is -2.35. The van der Waals surface area contributed by atoms with Crippen LogP contribution in [0.2, 0.25) is 5.02 Å². The number of nitrogens with zero attached hydrogens (tertiary/aromatic N) is 1. The number of para-hydroxylation sites is 1. The molecule has 3 aliphatic heterocycles. The smallest absolute Gasteiger partial charge is 0.233 e. The molecule has 2 fully saturated rings. The fourth-order valence-corrected chi connectivity index (χ4v) is 4.64. The first kappa shape index (κ1) is 16.3. The van der Waals surface area contributed by atoms with Crippen LogP contribution in [0.1, 0.15) is 15.9 Å². The van der Waals surface area contributed by atoms with Gasteiger partial charge in [-0.1, -0.05) is 42.0 Å². The molecule has 2 amide bonds. The number of anilines is 1. The Bertz CT molecular complexity index is 1010. The number of imide groups is 1. The minimum Gasteiger partial charge on any atom is -0.352 e. The van der Waals surface area contributed by atoms with Crippen molar-refractivity contribution in [2.24, 2.45) is 11.8 Å². The Labute approximate surface area is 160 Å². The Morgan fingerprint density at radius 3 is 2.44 bits per heavy atom. The number of benzene rings is 2. The number of halogens is 1. The molecular weight excluding hydrogens is 364 g/mol. The second-order valence-electron chi connectivity index (χ2n) is 7.04. The standard InChI is InChI=1S/C21H15ClN2O3/c22-13-8-5-12(6-9-13)19(25)18-17-16(20(26)23-21(17)27)15-10-7-11-3-1-2-4-14(11)24(15)18/h1-10,15-18H,(H,23,26,27). The van der Waals surface area contributed by atoms with Gasteiger partial charge < -0.3 is 4.90 Å². The number of hydrogen-bond donors (Lipinski definition) is 1. The molecule has 4 atom stereocenters. The van der Waals surface area contributed by atoms with E-state index >= 15 is 0 Å². The summed E-state index contributed by atoms with van der Waals surface area (Å²) in [4.78, 5) is 40.4. The highest BCUT2D eigenvalue weighted by molar-refractivity contribution is 6.30. The van der Waals surface area contributed by atoms with E-state index < -0.39 is 17.9 Å². The van der Waals surface area contributed by atoms with E-state index in [1.165, 1.54) is 0 Å². The van der Waals surface area contributed by atoms with Crippen LogP contribution in [0.15, 0.2) is 54.6 Å². The van der Waals surface area contributed by atoms with Crippen LogP contribution in [-0.2, 0) is 9.59 Å². The van der Waals surface area contributed by atoms with E-state index in [9.17, 15) is 14.4 Å². The number of nitrogens with one attached hydrogen (secondary N) is 1. The average molecular weight is 379 g/mol. The van der Waals surface area contributed by atoms with Crippen molar-refractivity contribution in [3.8, 4) is 0 Å². The van der Waals surface area contributed by atoms with Crippen molar-refractivity contribution in [3.05, 3.63) is 70.8 Å². The maximum atomic E-state index is 13.4. The van der Waals surface area contributed by atoms with Crippen LogP contribution in [0, 0.1) is 11.8 Å². The highest BCUT2D eigenvalue weighted by Gasteiger charge is 2.61. The largest absolute Gasteiger partial charge is 0.352 e. The van der Waals surface area contributed by atoms with Gasteiger partial charge in [0.25, 0.3) is 0 Å². The Morgan fingerprint density at radius 2 is 1.67 bits per heavy atom. The average Bonchev–Trinajstić information content (AvgIpc) is 3.17. The van der Waals surface area contributed by atoms with E-state index in [1.54, 1.807) is 24.3 Å². The van der Waals surface area contributed by atoms with Gasteiger partial charge in [-0.3, -0.25) is 19.7 Å². The summed E-state index contributed by atoms with van der Waals surface area (Å²) in [7, 11) is 0. The predicted molar refractivity (Wildman–Crippen MR) is 101 cm³/mol. The molecule has 2 saturated heterocycles. The number of carbonyl (C=O) groups is 3. The van der Waals surface area contributed by atoms with Gasteiger partial charge in [0.15, 0.2) is 5.78 Å². The third-order valence-electron chi connectivity index (χ3n) is 5.65. The summed E-state index contributed by atoms with van der Waals surface area (Å²) in [5, 5.41) is 2.95. The molecule has 2 aromatic carbocycles. The molecule has 4 unspecified atom stereocenters. The number of carbonyl (C=O) groups excluding carboxylic acids is 3. The molecule has 2 aromatic rings. The van der Waals surface area contributed by atoms with Crippen molar-refractivity contribution < 1.29 is 14.4 Å². The second-order valence-corrected chi connectivity index (χ2v) is 7.47. The first-order valence-corrected chi connectivity index (χ1v) is 9.14. The van der Waals surface area contributed by atoms with Gasteiger partial charge in [-0.25, -0.2) is 0 Å². The molecule has 0 radical (unpaired) electrons. The molecule has 5 nitrogen and oxygen atoms in total. The van der Waals surface area contributed by atoms with Gasteiger partial charge in [0.1, 0.15) is 6.04 Å². The summed E-state index contributed by atoms with van der Waals surface area (Å²) in [6.45, 7) is 0. The van der Waals surface area contributed by atoms with Crippen LogP contribution in [0.25, 0.3) is 6.08 Å². The summed E-state index contributed by atoms with van der Waals surface area (Å²) >= 11 is 5.95. The maximum Gasteiger partial charge on any atom is 0.233 e. The van der Waals surface area contributed by atoms with Gasteiger partial charge in [-0.2, -0.15) is 0 Å². The minimum absolute atomic E-state index is 0.181. The Kier molecular flexibility index (Phi) is 3.49. The minimum atomic E-state index is -0.737. The lowest BCUT2D eigenvalue weighted by atomic mass is 9.86. The van der Waals surface area contributed by atoms with Gasteiger partial charge >= 0.3 is 0 Å². The molecule has 134 valence electrons. The quantitative estimate of drug-likeness (QED) is 0.644. The van der Waals surface area contributed by atoms with E-state index in [-0.39, 0.29) is 23.6 Å². The molecule has 0 bridgehead atoms. The summed E-state index contributed by atoms with van der Waals surface area (Å²) < 4.78 is 0. The van der Waals surface area contributed by atoms with E-state index in [1.807, 2.05) is 41.3 Å². The van der Waals surface area contributed by atoms with Crippen LogP contribution in [0.3, 0.4) is 0 Å². The molecule has 0 spiro atoms. The van der Waals surface area contributed by atoms with Crippen molar-refractivity contribution in [1.82, 2.24) is 5.32 Å². The van der Waals surface area contributed by atoms with Gasteiger partial charge in [0.05, 0.1) is 17.9 Å². The van der Waals surface area contributed by atoms with Crippen molar-refractivity contribution in [2.45, 2.75) is 12.1 Å². The van der Waals surface area contributed by atoms with Crippen molar-refractivity contribution >= 4 is 41.0 Å². The normalized spacial score (nSPS) is 27.8. The maximum absolute atomic E-state index is 13.4. The van der Waals surface area contributed by atoms with Gasteiger partial charge in [-0.15, -0.1) is 0 Å². The van der Waals surface area contributed by atoms with E-state index in [2.05, 4.69) is 5.32 Å². The lowest BCUT2D eigenvalue weighted by molar-refractivity contribution is -0.126. The van der Waals surface area contributed by atoms with Crippen LogP contribution in [0.5, 0.6) is 0 Å². The van der Waals surface area contributed by atoms with Gasteiger partial charge in [0, 0.05) is 16.3 Å². The zero-order valence-electron chi connectivity index (χ0n) is 14.1. The van der Waals surface area contributed by atoms with E-state index in [0.29, 0.717) is 10.6 Å². The molecule has 5 rings (SSSR count). The molecule has 0 saturated carbocycles. The van der Waals surface area contributed by atoms with Gasteiger partial charge in [0.2, 0.25) is 11.8 Å². The number of ketones is 1. The Morgan fingerprint density at radius 1 is 0.963 bits per heavy atom. The summed E-state index contributed by atoms with van der Waals surface area (Å²) in [6, 6.07) is 13.3. The molecular formula is C21H15ClN2O3. The van der Waals surface area contributed by atoms with Crippen molar-refractivity contribution in [1.29, 1.82) is 0 Å². The van der Waals surface area contributed by atoms with Gasteiger partial charge in [-0.05, 0) is 35.9 Å². The summed E-state index contributed by atoms with van der Waals surface area (Å²) in [6.07, 6.45) is 3.88. The molecule has 3 heterocycles. The fraction of sp³-hybridized carbons (Fsp3) is 0.190. The lowest BCUT2D eigenvalue weighted by Crippen LogP contribution is -2.47. The molecule has 0 aliphatic carbocycles. The first-order chi connectivity index (χ1) is 13.1. The second kappa shape index (κ2) is 5.79. The Balaban J connectivity index is 1.66. The van der Waals surface area contributed by atoms with Crippen LogP contribution in [-0.4, -0.2) is 29.7 Å². The monoisotopic (exact) mass is 378 g/mol. The van der Waals surface area contributed by atoms with Crippen LogP contribution in [0.4, 0.5) is 5.69 Å². The highest BCUT2D eigenvalue weighted by atomic mass is 35.5. The predicted octanol–water partition coefficient (Wildman–Crippen LogP) is 2.70. The first-order valence-electron chi connectivity index (χ1n) is 8.76. The van der Waals surface area contributed by atoms with Crippen LogP contribution < -0.4 is 10.2 Å². The zero-order valence-corrected chi connectivity index (χ0v) is 14.9. The molecule has 0 aromatic heterocycles.